The van der Waals surface area contributed by atoms with Gasteiger partial charge in [-0.15, -0.1) is 0 Å². The molecule has 0 saturated heterocycles. The zero-order chi connectivity index (χ0) is 22.3. The maximum atomic E-state index is 12.4. The number of esters is 1. The van der Waals surface area contributed by atoms with E-state index in [4.69, 9.17) is 4.74 Å². The van der Waals surface area contributed by atoms with Crippen LogP contribution >= 0.6 is 0 Å². The van der Waals surface area contributed by atoms with Crippen molar-refractivity contribution >= 4 is 17.8 Å². The Morgan fingerprint density at radius 1 is 1.00 bits per heavy atom. The van der Waals surface area contributed by atoms with Gasteiger partial charge in [0, 0.05) is 19.2 Å². The van der Waals surface area contributed by atoms with Crippen LogP contribution in [0, 0.1) is 0 Å². The monoisotopic (exact) mass is 410 g/mol. The van der Waals surface area contributed by atoms with Crippen LogP contribution in [-0.2, 0) is 26.3 Å². The van der Waals surface area contributed by atoms with E-state index in [0.29, 0.717) is 12.1 Å². The highest BCUT2D eigenvalue weighted by Gasteiger charge is 2.22. The molecule has 0 radical (unpaired) electrons. The van der Waals surface area contributed by atoms with Crippen LogP contribution in [0.2, 0.25) is 0 Å². The van der Waals surface area contributed by atoms with E-state index in [2.05, 4.69) is 26.1 Å². The van der Waals surface area contributed by atoms with Crippen LogP contribution in [0.1, 0.15) is 49.2 Å². The van der Waals surface area contributed by atoms with Gasteiger partial charge < -0.3 is 15.0 Å². The molecular formula is C24H30N2O4. The second-order valence-electron chi connectivity index (χ2n) is 8.32. The summed E-state index contributed by atoms with van der Waals surface area (Å²) in [6.07, 6.45) is -0.936. The van der Waals surface area contributed by atoms with Gasteiger partial charge in [-0.3, -0.25) is 14.4 Å². The molecule has 2 aromatic rings. The Kier molecular flexibility index (Phi) is 7.75. The highest BCUT2D eigenvalue weighted by molar-refractivity contribution is 5.96. The van der Waals surface area contributed by atoms with Gasteiger partial charge in [0.15, 0.2) is 6.10 Å². The maximum Gasteiger partial charge on any atom is 0.326 e. The largest absolute Gasteiger partial charge is 0.451 e. The minimum Gasteiger partial charge on any atom is -0.451 e. The molecular weight excluding hydrogens is 380 g/mol. The lowest BCUT2D eigenvalue weighted by atomic mass is 9.87. The minimum absolute atomic E-state index is 0.00480. The van der Waals surface area contributed by atoms with E-state index < -0.39 is 12.1 Å². The lowest BCUT2D eigenvalue weighted by Gasteiger charge is -2.21. The summed E-state index contributed by atoms with van der Waals surface area (Å²) < 4.78 is 5.18. The molecule has 2 aromatic carbocycles. The van der Waals surface area contributed by atoms with Crippen molar-refractivity contribution in [3.05, 3.63) is 71.3 Å². The summed E-state index contributed by atoms with van der Waals surface area (Å²) in [7, 11) is 1.66. The third-order valence-corrected chi connectivity index (χ3v) is 4.70. The van der Waals surface area contributed by atoms with Gasteiger partial charge in [0.05, 0.1) is 0 Å². The molecule has 1 N–H and O–H groups in total. The average molecular weight is 411 g/mol. The van der Waals surface area contributed by atoms with Crippen molar-refractivity contribution in [3.63, 3.8) is 0 Å². The number of likely N-dealkylation sites (N-methyl/N-ethyl adjacent to an activating group) is 1. The van der Waals surface area contributed by atoms with E-state index in [9.17, 15) is 14.4 Å². The summed E-state index contributed by atoms with van der Waals surface area (Å²) in [4.78, 5) is 38.2. The van der Waals surface area contributed by atoms with E-state index in [1.165, 1.54) is 11.8 Å². The Morgan fingerprint density at radius 3 is 2.17 bits per heavy atom. The van der Waals surface area contributed by atoms with Gasteiger partial charge >= 0.3 is 5.97 Å². The number of amides is 2. The van der Waals surface area contributed by atoms with Gasteiger partial charge in [0.25, 0.3) is 11.8 Å². The third kappa shape index (κ3) is 6.72. The lowest BCUT2D eigenvalue weighted by molar-refractivity contribution is -0.157. The molecule has 0 saturated carbocycles. The topological polar surface area (TPSA) is 75.7 Å². The Labute approximate surface area is 178 Å². The van der Waals surface area contributed by atoms with Crippen LogP contribution in [-0.4, -0.2) is 42.4 Å². The normalized spacial score (nSPS) is 12.0. The van der Waals surface area contributed by atoms with Gasteiger partial charge in [-0.2, -0.15) is 0 Å². The smallest absolute Gasteiger partial charge is 0.326 e. The molecule has 0 aliphatic heterocycles. The minimum atomic E-state index is -0.936. The number of benzene rings is 2. The van der Waals surface area contributed by atoms with E-state index in [0.717, 1.165) is 11.1 Å². The first-order valence-electron chi connectivity index (χ1n) is 9.95. The van der Waals surface area contributed by atoms with Crippen LogP contribution in [0.4, 0.5) is 0 Å². The summed E-state index contributed by atoms with van der Waals surface area (Å²) in [5.74, 6) is -1.34. The molecule has 0 fully saturated rings. The van der Waals surface area contributed by atoms with Crippen LogP contribution in [0.15, 0.2) is 54.6 Å². The molecule has 30 heavy (non-hydrogen) atoms. The molecule has 0 spiro atoms. The van der Waals surface area contributed by atoms with Crippen LogP contribution in [0.5, 0.6) is 0 Å². The number of hydrogen-bond acceptors (Lipinski definition) is 4. The number of nitrogens with one attached hydrogen (secondary N) is 1. The summed E-state index contributed by atoms with van der Waals surface area (Å²) in [6, 6.07) is 16.8. The SMILES string of the molecule is CC(OC(=O)CNC(=O)c1ccc(C(C)(C)C)cc1)C(=O)N(C)Cc1ccccc1. The summed E-state index contributed by atoms with van der Waals surface area (Å²) in [5, 5.41) is 2.53. The highest BCUT2D eigenvalue weighted by atomic mass is 16.5. The summed E-state index contributed by atoms with van der Waals surface area (Å²) in [6.45, 7) is 7.92. The zero-order valence-electron chi connectivity index (χ0n) is 18.3. The first-order chi connectivity index (χ1) is 14.1. The van der Waals surface area contributed by atoms with Crippen molar-refractivity contribution in [2.45, 2.75) is 45.8 Å². The predicted octanol–water partition coefficient (Wildman–Crippen LogP) is 3.30. The van der Waals surface area contributed by atoms with Gasteiger partial charge in [0.2, 0.25) is 0 Å². The molecule has 0 bridgehead atoms. The number of carbonyl (C=O) groups excluding carboxylic acids is 3. The van der Waals surface area contributed by atoms with Crippen LogP contribution in [0.3, 0.4) is 0 Å². The van der Waals surface area contributed by atoms with E-state index in [1.807, 2.05) is 42.5 Å². The second kappa shape index (κ2) is 10.1. The predicted molar refractivity (Wildman–Crippen MR) is 116 cm³/mol. The molecule has 2 rings (SSSR count). The molecule has 0 aliphatic carbocycles. The van der Waals surface area contributed by atoms with E-state index in [1.54, 1.807) is 19.2 Å². The third-order valence-electron chi connectivity index (χ3n) is 4.70. The molecule has 0 aliphatic rings. The van der Waals surface area contributed by atoms with Crippen molar-refractivity contribution in [2.24, 2.45) is 0 Å². The second-order valence-corrected chi connectivity index (χ2v) is 8.32. The Hall–Kier alpha value is -3.15. The fraction of sp³-hybridized carbons (Fsp3) is 0.375. The van der Waals surface area contributed by atoms with Gasteiger partial charge in [0.1, 0.15) is 6.54 Å². The average Bonchev–Trinajstić information content (AvgIpc) is 2.71. The number of hydrogen-bond donors (Lipinski definition) is 1. The van der Waals surface area contributed by atoms with Crippen LogP contribution in [0.25, 0.3) is 0 Å². The molecule has 1 atom stereocenters. The quantitative estimate of drug-likeness (QED) is 0.711. The van der Waals surface area contributed by atoms with Crippen molar-refractivity contribution in [1.82, 2.24) is 10.2 Å². The maximum absolute atomic E-state index is 12.4. The molecule has 0 heterocycles. The van der Waals surface area contributed by atoms with Crippen molar-refractivity contribution in [2.75, 3.05) is 13.6 Å². The van der Waals surface area contributed by atoms with Gasteiger partial charge in [-0.25, -0.2) is 0 Å². The van der Waals surface area contributed by atoms with Gasteiger partial charge in [-0.05, 0) is 35.6 Å². The number of rotatable bonds is 7. The molecule has 6 heteroatoms. The summed E-state index contributed by atoms with van der Waals surface area (Å²) in [5.41, 5.74) is 2.55. The molecule has 0 aromatic heterocycles. The molecule has 1 unspecified atom stereocenters. The number of nitrogens with zero attached hydrogens (tertiary/aromatic N) is 1. The number of ether oxygens (including phenoxy) is 1. The Bertz CT molecular complexity index is 870. The first-order valence-corrected chi connectivity index (χ1v) is 9.95. The van der Waals surface area contributed by atoms with E-state index in [-0.39, 0.29) is 23.8 Å². The highest BCUT2D eigenvalue weighted by Crippen LogP contribution is 2.22. The fourth-order valence-corrected chi connectivity index (χ4v) is 2.91. The molecule has 2 amide bonds. The molecule has 160 valence electrons. The van der Waals surface area contributed by atoms with Crippen molar-refractivity contribution in [1.29, 1.82) is 0 Å². The first kappa shape index (κ1) is 23.1. The zero-order valence-corrected chi connectivity index (χ0v) is 18.3. The lowest BCUT2D eigenvalue weighted by Crippen LogP contribution is -2.39. The Morgan fingerprint density at radius 2 is 1.60 bits per heavy atom. The molecule has 6 nitrogen and oxygen atoms in total. The fourth-order valence-electron chi connectivity index (χ4n) is 2.91. The van der Waals surface area contributed by atoms with Gasteiger partial charge in [-0.1, -0.05) is 63.2 Å². The van der Waals surface area contributed by atoms with Crippen molar-refractivity contribution in [3.8, 4) is 0 Å². The van der Waals surface area contributed by atoms with E-state index >= 15 is 0 Å². The standard InChI is InChI=1S/C24H30N2O4/c1-17(23(29)26(5)16-18-9-7-6-8-10-18)30-21(27)15-25-22(28)19-11-13-20(14-12-19)24(2,3)4/h6-14,17H,15-16H2,1-5H3,(H,25,28). The summed E-state index contributed by atoms with van der Waals surface area (Å²) >= 11 is 0. The van der Waals surface area contributed by atoms with Crippen LogP contribution < -0.4 is 5.32 Å². The Balaban J connectivity index is 1.81. The number of carbonyl (C=O) groups is 3. The van der Waals surface area contributed by atoms with Crippen molar-refractivity contribution < 1.29 is 19.1 Å².